The number of ether oxygens (including phenoxy) is 1. The Labute approximate surface area is 193 Å². The van der Waals surface area contributed by atoms with Crippen LogP contribution in [0.5, 0.6) is 0 Å². The zero-order valence-electron chi connectivity index (χ0n) is 18.3. The van der Waals surface area contributed by atoms with E-state index >= 15 is 0 Å². The SMILES string of the molecule is O=C(NOC1CCCCO1)/C(F)=C/c1cnc(N[C@@H]2CCN(C3CCCCC3)C2)c(Cl)c1. The highest BCUT2D eigenvalue weighted by atomic mass is 35.5. The molecular weight excluding hydrogens is 435 g/mol. The maximum atomic E-state index is 14.3. The zero-order chi connectivity index (χ0) is 22.3. The molecule has 1 aliphatic carbocycles. The lowest BCUT2D eigenvalue weighted by Gasteiger charge is -2.31. The first-order valence-corrected chi connectivity index (χ1v) is 12.1. The molecule has 1 amide bonds. The number of rotatable bonds is 7. The average molecular weight is 467 g/mol. The second-order valence-electron chi connectivity index (χ2n) is 8.85. The molecule has 4 rings (SSSR count). The highest BCUT2D eigenvalue weighted by Gasteiger charge is 2.29. The highest BCUT2D eigenvalue weighted by Crippen LogP contribution is 2.28. The third-order valence-electron chi connectivity index (χ3n) is 6.45. The number of carbonyl (C=O) groups excluding carboxylic acids is 1. The van der Waals surface area contributed by atoms with Crippen molar-refractivity contribution in [1.29, 1.82) is 0 Å². The van der Waals surface area contributed by atoms with E-state index in [1.165, 1.54) is 38.3 Å². The van der Waals surface area contributed by atoms with E-state index in [4.69, 9.17) is 21.2 Å². The predicted octanol–water partition coefficient (Wildman–Crippen LogP) is 4.44. The van der Waals surface area contributed by atoms with E-state index in [1.807, 2.05) is 0 Å². The van der Waals surface area contributed by atoms with Crippen molar-refractivity contribution in [2.45, 2.75) is 76.2 Å². The first-order chi connectivity index (χ1) is 15.6. The van der Waals surface area contributed by atoms with Crippen molar-refractivity contribution in [3.8, 4) is 0 Å². The second-order valence-corrected chi connectivity index (χ2v) is 9.26. The number of amides is 1. The summed E-state index contributed by atoms with van der Waals surface area (Å²) in [6, 6.07) is 2.60. The Morgan fingerprint density at radius 1 is 1.22 bits per heavy atom. The quantitative estimate of drug-likeness (QED) is 0.457. The first kappa shape index (κ1) is 23.4. The van der Waals surface area contributed by atoms with Crippen LogP contribution in [0.25, 0.3) is 6.08 Å². The van der Waals surface area contributed by atoms with Crippen LogP contribution in [-0.2, 0) is 14.4 Å². The minimum absolute atomic E-state index is 0.296. The molecule has 1 saturated carbocycles. The van der Waals surface area contributed by atoms with Gasteiger partial charge in [0.2, 0.25) is 0 Å². The summed E-state index contributed by atoms with van der Waals surface area (Å²) in [5, 5.41) is 3.82. The number of hydrogen-bond acceptors (Lipinski definition) is 6. The Hall–Kier alpha value is -1.74. The Balaban J connectivity index is 1.28. The number of pyridine rings is 1. The highest BCUT2D eigenvalue weighted by molar-refractivity contribution is 6.33. The predicted molar refractivity (Wildman–Crippen MR) is 122 cm³/mol. The summed E-state index contributed by atoms with van der Waals surface area (Å²) in [7, 11) is 0. The van der Waals surface area contributed by atoms with Gasteiger partial charge < -0.3 is 10.1 Å². The average Bonchev–Trinajstić information content (AvgIpc) is 3.29. The van der Waals surface area contributed by atoms with Gasteiger partial charge in [-0.15, -0.1) is 0 Å². The fourth-order valence-electron chi connectivity index (χ4n) is 4.70. The standard InChI is InChI=1S/C23H32ClFN4O3/c24-19-12-16(13-20(25)23(30)28-32-21-8-4-5-11-31-21)14-26-22(19)27-17-9-10-29(15-17)18-6-2-1-3-7-18/h12-14,17-18,21H,1-11,15H2,(H,26,27)(H,28,30)/b20-13-/t17-,21?/m1/s1. The molecule has 176 valence electrons. The van der Waals surface area contributed by atoms with Crippen LogP contribution in [-0.4, -0.2) is 53.9 Å². The summed E-state index contributed by atoms with van der Waals surface area (Å²) in [5.41, 5.74) is 2.50. The summed E-state index contributed by atoms with van der Waals surface area (Å²) >= 11 is 6.39. The summed E-state index contributed by atoms with van der Waals surface area (Å²) < 4.78 is 19.6. The van der Waals surface area contributed by atoms with Gasteiger partial charge in [-0.3, -0.25) is 9.69 Å². The molecule has 32 heavy (non-hydrogen) atoms. The molecule has 3 heterocycles. The molecule has 1 aromatic rings. The number of nitrogens with one attached hydrogen (secondary N) is 2. The molecule has 3 fully saturated rings. The van der Waals surface area contributed by atoms with Crippen molar-refractivity contribution >= 4 is 29.4 Å². The first-order valence-electron chi connectivity index (χ1n) is 11.7. The van der Waals surface area contributed by atoms with Crippen LogP contribution in [0.3, 0.4) is 0 Å². The Morgan fingerprint density at radius 2 is 2.03 bits per heavy atom. The van der Waals surface area contributed by atoms with E-state index in [9.17, 15) is 9.18 Å². The molecule has 7 nitrogen and oxygen atoms in total. The van der Waals surface area contributed by atoms with Crippen LogP contribution in [0.4, 0.5) is 10.2 Å². The molecule has 0 spiro atoms. The number of carbonyl (C=O) groups is 1. The van der Waals surface area contributed by atoms with Crippen LogP contribution in [0.15, 0.2) is 18.1 Å². The number of hydrogen-bond donors (Lipinski definition) is 2. The summed E-state index contributed by atoms with van der Waals surface area (Å²) in [6.07, 6.45) is 12.3. The Morgan fingerprint density at radius 3 is 2.78 bits per heavy atom. The smallest absolute Gasteiger partial charge is 0.303 e. The van der Waals surface area contributed by atoms with Gasteiger partial charge in [-0.25, -0.2) is 19.7 Å². The summed E-state index contributed by atoms with van der Waals surface area (Å²) in [6.45, 7) is 2.65. The number of halogens is 2. The van der Waals surface area contributed by atoms with Gasteiger partial charge in [0.1, 0.15) is 5.82 Å². The zero-order valence-corrected chi connectivity index (χ0v) is 19.1. The molecule has 0 aromatic carbocycles. The molecule has 0 bridgehead atoms. The van der Waals surface area contributed by atoms with E-state index in [0.717, 1.165) is 38.4 Å². The van der Waals surface area contributed by atoms with Gasteiger partial charge in [-0.1, -0.05) is 30.9 Å². The Kier molecular flexibility index (Phi) is 8.35. The van der Waals surface area contributed by atoms with Crippen LogP contribution >= 0.6 is 11.6 Å². The van der Waals surface area contributed by atoms with E-state index in [0.29, 0.717) is 41.5 Å². The number of anilines is 1. The molecule has 3 aliphatic rings. The molecule has 1 unspecified atom stereocenters. The van der Waals surface area contributed by atoms with Crippen molar-refractivity contribution in [2.24, 2.45) is 0 Å². The van der Waals surface area contributed by atoms with Gasteiger partial charge in [0.25, 0.3) is 0 Å². The van der Waals surface area contributed by atoms with Crippen LogP contribution < -0.4 is 10.8 Å². The van der Waals surface area contributed by atoms with Crippen molar-refractivity contribution in [1.82, 2.24) is 15.4 Å². The van der Waals surface area contributed by atoms with Crippen LogP contribution in [0.1, 0.15) is 63.4 Å². The van der Waals surface area contributed by atoms with Crippen molar-refractivity contribution in [3.63, 3.8) is 0 Å². The summed E-state index contributed by atoms with van der Waals surface area (Å²) in [5.74, 6) is -1.37. The number of nitrogens with zero attached hydrogens (tertiary/aromatic N) is 2. The minimum Gasteiger partial charge on any atom is -0.365 e. The molecule has 2 saturated heterocycles. The lowest BCUT2D eigenvalue weighted by Crippen LogP contribution is -2.36. The van der Waals surface area contributed by atoms with Gasteiger partial charge in [-0.2, -0.15) is 0 Å². The number of aromatic nitrogens is 1. The molecule has 2 aliphatic heterocycles. The molecule has 0 radical (unpaired) electrons. The summed E-state index contributed by atoms with van der Waals surface area (Å²) in [4.78, 5) is 24.0. The van der Waals surface area contributed by atoms with Gasteiger partial charge in [0.15, 0.2) is 12.1 Å². The van der Waals surface area contributed by atoms with Crippen LogP contribution in [0, 0.1) is 0 Å². The lowest BCUT2D eigenvalue weighted by atomic mass is 9.94. The second kappa shape index (κ2) is 11.4. The third-order valence-corrected chi connectivity index (χ3v) is 6.73. The topological polar surface area (TPSA) is 75.7 Å². The van der Waals surface area contributed by atoms with Crippen molar-refractivity contribution in [2.75, 3.05) is 25.0 Å². The molecular formula is C23H32ClFN4O3. The minimum atomic E-state index is -0.988. The fraction of sp³-hybridized carbons (Fsp3) is 0.652. The maximum absolute atomic E-state index is 14.3. The molecule has 2 N–H and O–H groups in total. The number of likely N-dealkylation sites (tertiary alicyclic amines) is 1. The Bertz CT molecular complexity index is 812. The fourth-order valence-corrected chi connectivity index (χ4v) is 4.93. The van der Waals surface area contributed by atoms with Gasteiger partial charge >= 0.3 is 5.91 Å². The van der Waals surface area contributed by atoms with Gasteiger partial charge in [-0.05, 0) is 49.8 Å². The third kappa shape index (κ3) is 6.41. The normalized spacial score (nSPS) is 25.6. The lowest BCUT2D eigenvalue weighted by molar-refractivity contribution is -0.199. The molecule has 9 heteroatoms. The number of hydroxylamine groups is 1. The molecule has 2 atom stereocenters. The van der Waals surface area contributed by atoms with E-state index < -0.39 is 18.0 Å². The van der Waals surface area contributed by atoms with E-state index in [-0.39, 0.29) is 0 Å². The molecule has 1 aromatic heterocycles. The van der Waals surface area contributed by atoms with E-state index in [2.05, 4.69) is 20.7 Å². The van der Waals surface area contributed by atoms with E-state index in [1.54, 1.807) is 6.07 Å². The monoisotopic (exact) mass is 466 g/mol. The van der Waals surface area contributed by atoms with Crippen molar-refractivity contribution in [3.05, 3.63) is 28.7 Å². The maximum Gasteiger partial charge on any atom is 0.303 e. The van der Waals surface area contributed by atoms with Gasteiger partial charge in [0.05, 0.1) is 5.02 Å². The van der Waals surface area contributed by atoms with Crippen molar-refractivity contribution < 1.29 is 18.8 Å². The largest absolute Gasteiger partial charge is 0.365 e. The van der Waals surface area contributed by atoms with Gasteiger partial charge in [0, 0.05) is 44.4 Å². The van der Waals surface area contributed by atoms with Crippen LogP contribution in [0.2, 0.25) is 5.02 Å².